The second-order valence-corrected chi connectivity index (χ2v) is 5.76. The average molecular weight is 325 g/mol. The van der Waals surface area contributed by atoms with E-state index in [0.29, 0.717) is 35.9 Å². The predicted molar refractivity (Wildman–Crippen MR) is 87.1 cm³/mol. The molecule has 0 aliphatic heterocycles. The van der Waals surface area contributed by atoms with Crippen LogP contribution in [-0.4, -0.2) is 29.1 Å². The zero-order valence-corrected chi connectivity index (χ0v) is 13.7. The Bertz CT molecular complexity index is 634. The molecule has 0 saturated carbocycles. The van der Waals surface area contributed by atoms with Gasteiger partial charge in [0.05, 0.1) is 11.1 Å². The molecule has 7 heteroatoms. The highest BCUT2D eigenvalue weighted by Gasteiger charge is 2.23. The smallest absolute Gasteiger partial charge is 0.258 e. The third-order valence-corrected chi connectivity index (χ3v) is 2.93. The molecule has 0 saturated heterocycles. The third-order valence-electron chi connectivity index (χ3n) is 2.93. The molecule has 6 nitrogen and oxygen atoms in total. The summed E-state index contributed by atoms with van der Waals surface area (Å²) < 4.78 is 5.31. The zero-order valence-electron chi connectivity index (χ0n) is 12.9. The molecule has 0 spiro atoms. The van der Waals surface area contributed by atoms with Gasteiger partial charge in [-0.2, -0.15) is 4.98 Å². The molecule has 0 fully saturated rings. The number of amides is 1. The van der Waals surface area contributed by atoms with E-state index in [4.69, 9.17) is 10.3 Å². The van der Waals surface area contributed by atoms with E-state index in [1.54, 1.807) is 18.2 Å². The van der Waals surface area contributed by atoms with Gasteiger partial charge in [0.2, 0.25) is 0 Å². The van der Waals surface area contributed by atoms with E-state index >= 15 is 0 Å². The Morgan fingerprint density at radius 3 is 2.59 bits per heavy atom. The topological polar surface area (TPSA) is 94.0 Å². The molecule has 120 valence electrons. The molecule has 22 heavy (non-hydrogen) atoms. The van der Waals surface area contributed by atoms with Crippen molar-refractivity contribution in [2.24, 2.45) is 5.73 Å². The molecule has 0 radical (unpaired) electrons. The van der Waals surface area contributed by atoms with Gasteiger partial charge in [0, 0.05) is 18.5 Å². The number of nitrogens with zero attached hydrogens (tertiary/aromatic N) is 2. The number of carbonyl (C=O) groups excluding carboxylic acids is 1. The van der Waals surface area contributed by atoms with Gasteiger partial charge in [0.1, 0.15) is 0 Å². The van der Waals surface area contributed by atoms with Gasteiger partial charge in [-0.1, -0.05) is 38.1 Å². The van der Waals surface area contributed by atoms with Crippen LogP contribution in [0.15, 0.2) is 28.8 Å². The third kappa shape index (κ3) is 4.05. The Labute approximate surface area is 135 Å². The fraction of sp³-hybridized carbons (Fsp3) is 0.400. The molecular weight excluding hydrogens is 304 g/mol. The Morgan fingerprint density at radius 2 is 2.00 bits per heavy atom. The van der Waals surface area contributed by atoms with Crippen LogP contribution in [0.2, 0.25) is 0 Å². The molecule has 0 unspecified atom stereocenters. The molecule has 0 aliphatic carbocycles. The first-order chi connectivity index (χ1) is 9.93. The van der Waals surface area contributed by atoms with Gasteiger partial charge < -0.3 is 15.6 Å². The number of carbonyl (C=O) groups is 1. The highest BCUT2D eigenvalue weighted by molar-refractivity contribution is 5.99. The normalized spacial score (nSPS) is 10.9. The zero-order chi connectivity index (χ0) is 15.5. The van der Waals surface area contributed by atoms with Gasteiger partial charge in [-0.25, -0.2) is 0 Å². The van der Waals surface area contributed by atoms with Crippen LogP contribution in [0.1, 0.15) is 37.0 Å². The average Bonchev–Trinajstić information content (AvgIpc) is 2.94. The highest BCUT2D eigenvalue weighted by Crippen LogP contribution is 2.25. The molecule has 0 bridgehead atoms. The monoisotopic (exact) mass is 324 g/mol. The molecule has 1 amide bonds. The summed E-state index contributed by atoms with van der Waals surface area (Å²) in [6, 6.07) is 7.14. The van der Waals surface area contributed by atoms with Crippen molar-refractivity contribution in [1.29, 1.82) is 0 Å². The molecule has 2 rings (SSSR count). The Morgan fingerprint density at radius 1 is 1.32 bits per heavy atom. The van der Waals surface area contributed by atoms with Gasteiger partial charge in [-0.05, 0) is 12.1 Å². The lowest BCUT2D eigenvalue weighted by Gasteiger charge is -2.11. The molecular formula is C15H21ClN4O2. The fourth-order valence-corrected chi connectivity index (χ4v) is 1.79. The molecule has 0 aliphatic rings. The second-order valence-electron chi connectivity index (χ2n) is 5.76. The van der Waals surface area contributed by atoms with Crippen LogP contribution in [0.5, 0.6) is 0 Å². The molecule has 1 aromatic carbocycles. The summed E-state index contributed by atoms with van der Waals surface area (Å²) in [6.45, 7) is 6.82. The number of rotatable bonds is 4. The van der Waals surface area contributed by atoms with E-state index in [2.05, 4.69) is 15.5 Å². The molecule has 1 aromatic heterocycles. The van der Waals surface area contributed by atoms with Gasteiger partial charge in [0.25, 0.3) is 11.8 Å². The van der Waals surface area contributed by atoms with Crippen molar-refractivity contribution in [2.45, 2.75) is 26.2 Å². The summed E-state index contributed by atoms with van der Waals surface area (Å²) in [6.07, 6.45) is 0. The second kappa shape index (κ2) is 7.38. The number of halogens is 1. The number of nitrogens with one attached hydrogen (secondary N) is 1. The summed E-state index contributed by atoms with van der Waals surface area (Å²) in [7, 11) is 0. The Kier molecular flexibility index (Phi) is 6.08. The largest absolute Gasteiger partial charge is 0.351 e. The quantitative estimate of drug-likeness (QED) is 0.898. The van der Waals surface area contributed by atoms with Gasteiger partial charge in [0.15, 0.2) is 5.82 Å². The predicted octanol–water partition coefficient (Wildman–Crippen LogP) is 2.14. The van der Waals surface area contributed by atoms with Crippen LogP contribution in [0.4, 0.5) is 0 Å². The van der Waals surface area contributed by atoms with Crippen LogP contribution < -0.4 is 11.1 Å². The van der Waals surface area contributed by atoms with E-state index in [0.717, 1.165) is 0 Å². The van der Waals surface area contributed by atoms with Gasteiger partial charge >= 0.3 is 0 Å². The van der Waals surface area contributed by atoms with Crippen molar-refractivity contribution >= 4 is 18.3 Å². The molecule has 0 atom stereocenters. The van der Waals surface area contributed by atoms with E-state index in [1.165, 1.54) is 0 Å². The lowest BCUT2D eigenvalue weighted by molar-refractivity contribution is 0.0955. The first-order valence-electron chi connectivity index (χ1n) is 6.85. The van der Waals surface area contributed by atoms with Crippen LogP contribution in [-0.2, 0) is 5.41 Å². The highest BCUT2D eigenvalue weighted by atomic mass is 35.5. The first kappa shape index (κ1) is 18.1. The summed E-state index contributed by atoms with van der Waals surface area (Å²) in [5, 5.41) is 6.73. The molecule has 1 heterocycles. The fourth-order valence-electron chi connectivity index (χ4n) is 1.79. The Hall–Kier alpha value is -1.92. The molecule has 3 N–H and O–H groups in total. The van der Waals surface area contributed by atoms with Crippen molar-refractivity contribution in [2.75, 3.05) is 13.1 Å². The summed E-state index contributed by atoms with van der Waals surface area (Å²) in [5.41, 5.74) is 6.31. The van der Waals surface area contributed by atoms with Crippen molar-refractivity contribution in [3.63, 3.8) is 0 Å². The maximum Gasteiger partial charge on any atom is 0.258 e. The maximum absolute atomic E-state index is 12.1. The minimum Gasteiger partial charge on any atom is -0.351 e. The lowest BCUT2D eigenvalue weighted by atomic mass is 9.96. The van der Waals surface area contributed by atoms with Gasteiger partial charge in [-0.15, -0.1) is 12.4 Å². The number of nitrogens with two attached hydrogens (primary N) is 1. The van der Waals surface area contributed by atoms with E-state index in [9.17, 15) is 4.79 Å². The van der Waals surface area contributed by atoms with Crippen molar-refractivity contribution in [3.8, 4) is 11.5 Å². The Balaban J connectivity index is 0.00000242. The summed E-state index contributed by atoms with van der Waals surface area (Å²) >= 11 is 0. The van der Waals surface area contributed by atoms with Crippen molar-refractivity contribution < 1.29 is 9.32 Å². The van der Waals surface area contributed by atoms with E-state index in [-0.39, 0.29) is 23.7 Å². The number of hydrogen-bond acceptors (Lipinski definition) is 5. The summed E-state index contributed by atoms with van der Waals surface area (Å²) in [4.78, 5) is 16.5. The summed E-state index contributed by atoms with van der Waals surface area (Å²) in [5.74, 6) is 0.750. The van der Waals surface area contributed by atoms with Crippen LogP contribution >= 0.6 is 12.4 Å². The number of aromatic nitrogens is 2. The minimum atomic E-state index is -0.210. The van der Waals surface area contributed by atoms with Crippen LogP contribution in [0, 0.1) is 0 Å². The van der Waals surface area contributed by atoms with Gasteiger partial charge in [-0.3, -0.25) is 4.79 Å². The number of benzene rings is 1. The molecule has 2 aromatic rings. The van der Waals surface area contributed by atoms with Crippen LogP contribution in [0.25, 0.3) is 11.5 Å². The standard InChI is InChI=1S/C15H20N4O2.ClH/c1-15(2,3)14-18-13(21-19-14)11-7-5-4-6-10(11)12(20)17-9-8-16;/h4-7H,8-9,16H2,1-3H3,(H,17,20);1H. The maximum atomic E-state index is 12.1. The van der Waals surface area contributed by atoms with Crippen molar-refractivity contribution in [1.82, 2.24) is 15.5 Å². The van der Waals surface area contributed by atoms with Crippen LogP contribution in [0.3, 0.4) is 0 Å². The lowest BCUT2D eigenvalue weighted by Crippen LogP contribution is -2.29. The number of hydrogen-bond donors (Lipinski definition) is 2. The van der Waals surface area contributed by atoms with E-state index in [1.807, 2.05) is 26.8 Å². The van der Waals surface area contributed by atoms with E-state index < -0.39 is 0 Å². The SMILES string of the molecule is CC(C)(C)c1noc(-c2ccccc2C(=O)NCCN)n1.Cl. The first-order valence-corrected chi connectivity index (χ1v) is 6.85. The van der Waals surface area contributed by atoms with Crippen molar-refractivity contribution in [3.05, 3.63) is 35.7 Å². The minimum absolute atomic E-state index is 0.